The van der Waals surface area contributed by atoms with Gasteiger partial charge in [-0.1, -0.05) is 29.3 Å². The highest BCUT2D eigenvalue weighted by atomic mass is 35.5. The van der Waals surface area contributed by atoms with Crippen LogP contribution in [0.4, 0.5) is 10.1 Å². The number of nitrogens with zero attached hydrogens (tertiary/aromatic N) is 1. The number of methoxy groups -OCH3 is 1. The lowest BCUT2D eigenvalue weighted by Gasteiger charge is -2.17. The zero-order valence-electron chi connectivity index (χ0n) is 13.3. The molecule has 1 N–H and O–H groups in total. The van der Waals surface area contributed by atoms with E-state index in [2.05, 4.69) is 5.32 Å². The van der Waals surface area contributed by atoms with Gasteiger partial charge in [-0.15, -0.1) is 0 Å². The number of likely N-dealkylation sites (N-methyl/N-ethyl adjacent to an activating group) is 1. The van der Waals surface area contributed by atoms with Crippen LogP contribution >= 0.6 is 23.2 Å². The van der Waals surface area contributed by atoms with E-state index < -0.39 is 5.82 Å². The van der Waals surface area contributed by atoms with E-state index in [0.717, 1.165) is 5.56 Å². The summed E-state index contributed by atoms with van der Waals surface area (Å²) in [7, 11) is 3.19. The molecule has 0 radical (unpaired) electrons. The van der Waals surface area contributed by atoms with E-state index in [0.29, 0.717) is 22.3 Å². The lowest BCUT2D eigenvalue weighted by molar-refractivity contribution is -0.117. The van der Waals surface area contributed by atoms with Gasteiger partial charge in [-0.05, 0) is 42.9 Å². The van der Waals surface area contributed by atoms with Gasteiger partial charge in [-0.3, -0.25) is 9.69 Å². The summed E-state index contributed by atoms with van der Waals surface area (Å²) in [6.45, 7) is 0.573. The Kier molecular flexibility index (Phi) is 6.43. The van der Waals surface area contributed by atoms with Gasteiger partial charge in [-0.25, -0.2) is 4.39 Å². The third-order valence-electron chi connectivity index (χ3n) is 3.29. The quantitative estimate of drug-likeness (QED) is 0.827. The molecule has 0 aliphatic rings. The van der Waals surface area contributed by atoms with E-state index in [1.807, 2.05) is 0 Å². The molecule has 7 heteroatoms. The van der Waals surface area contributed by atoms with Gasteiger partial charge in [0, 0.05) is 12.2 Å². The minimum Gasteiger partial charge on any atom is -0.494 e. The van der Waals surface area contributed by atoms with Crippen molar-refractivity contribution in [3.63, 3.8) is 0 Å². The normalized spacial score (nSPS) is 10.8. The lowest BCUT2D eigenvalue weighted by Crippen LogP contribution is -2.29. The van der Waals surface area contributed by atoms with Crippen molar-refractivity contribution in [1.82, 2.24) is 4.90 Å². The van der Waals surface area contributed by atoms with Crippen LogP contribution in [0.15, 0.2) is 36.4 Å². The van der Waals surface area contributed by atoms with Crippen LogP contribution in [0, 0.1) is 5.82 Å². The second-order valence-corrected chi connectivity index (χ2v) is 6.13. The molecule has 2 aromatic carbocycles. The molecule has 0 aliphatic heterocycles. The van der Waals surface area contributed by atoms with Crippen LogP contribution in [-0.4, -0.2) is 31.5 Å². The van der Waals surface area contributed by atoms with Gasteiger partial charge in [0.25, 0.3) is 0 Å². The standard InChI is InChI=1S/C17H17Cl2FN2O2/c1-22(9-11-3-6-16(24-2)15(20)7-11)10-17(23)21-12-4-5-13(18)14(19)8-12/h3-8H,9-10H2,1-2H3,(H,21,23). The van der Waals surface area contributed by atoms with E-state index in [-0.39, 0.29) is 18.2 Å². The summed E-state index contributed by atoms with van der Waals surface area (Å²) in [6.07, 6.45) is 0. The number of benzene rings is 2. The fourth-order valence-electron chi connectivity index (χ4n) is 2.20. The highest BCUT2D eigenvalue weighted by Gasteiger charge is 2.10. The van der Waals surface area contributed by atoms with Crippen molar-refractivity contribution in [3.05, 3.63) is 57.8 Å². The van der Waals surface area contributed by atoms with Crippen LogP contribution < -0.4 is 10.1 Å². The monoisotopic (exact) mass is 370 g/mol. The molecule has 0 saturated heterocycles. The van der Waals surface area contributed by atoms with Gasteiger partial charge < -0.3 is 10.1 Å². The van der Waals surface area contributed by atoms with E-state index in [1.54, 1.807) is 42.3 Å². The maximum atomic E-state index is 13.7. The van der Waals surface area contributed by atoms with Gasteiger partial charge in [0.15, 0.2) is 11.6 Å². The molecule has 0 saturated carbocycles. The third kappa shape index (κ3) is 5.09. The molecule has 0 spiro atoms. The lowest BCUT2D eigenvalue weighted by atomic mass is 10.2. The fraction of sp³-hybridized carbons (Fsp3) is 0.235. The average Bonchev–Trinajstić information content (AvgIpc) is 2.51. The van der Waals surface area contributed by atoms with E-state index >= 15 is 0 Å². The Balaban J connectivity index is 1.91. The molecule has 0 fully saturated rings. The number of halogens is 3. The zero-order chi connectivity index (χ0) is 17.7. The van der Waals surface area contributed by atoms with Crippen LogP contribution in [0.3, 0.4) is 0 Å². The first-order valence-electron chi connectivity index (χ1n) is 7.15. The smallest absolute Gasteiger partial charge is 0.238 e. The number of hydrogen-bond acceptors (Lipinski definition) is 3. The topological polar surface area (TPSA) is 41.6 Å². The van der Waals surface area contributed by atoms with Crippen molar-refractivity contribution in [3.8, 4) is 5.75 Å². The minimum absolute atomic E-state index is 0.147. The summed E-state index contributed by atoms with van der Waals surface area (Å²) in [5.74, 6) is -0.438. The molecule has 0 bridgehead atoms. The summed E-state index contributed by atoms with van der Waals surface area (Å²) in [4.78, 5) is 13.8. The molecule has 4 nitrogen and oxygen atoms in total. The van der Waals surface area contributed by atoms with Gasteiger partial charge in [0.2, 0.25) is 5.91 Å². The Morgan fingerprint density at radius 2 is 1.96 bits per heavy atom. The number of ether oxygens (including phenoxy) is 1. The molecule has 0 unspecified atom stereocenters. The van der Waals surface area contributed by atoms with Crippen molar-refractivity contribution >= 4 is 34.8 Å². The molecule has 1 amide bonds. The summed E-state index contributed by atoms with van der Waals surface area (Å²) in [5.41, 5.74) is 1.32. The van der Waals surface area contributed by atoms with Crippen molar-refractivity contribution in [2.45, 2.75) is 6.54 Å². The van der Waals surface area contributed by atoms with Crippen LogP contribution in [0.1, 0.15) is 5.56 Å². The molecule has 0 aromatic heterocycles. The van der Waals surface area contributed by atoms with Crippen LogP contribution in [0.25, 0.3) is 0 Å². The highest BCUT2D eigenvalue weighted by Crippen LogP contribution is 2.25. The Hall–Kier alpha value is -1.82. The first-order chi connectivity index (χ1) is 11.4. The maximum Gasteiger partial charge on any atom is 0.238 e. The molecule has 0 atom stereocenters. The van der Waals surface area contributed by atoms with Gasteiger partial charge in [0.1, 0.15) is 0 Å². The number of nitrogens with one attached hydrogen (secondary N) is 1. The van der Waals surface area contributed by atoms with Crippen molar-refractivity contribution < 1.29 is 13.9 Å². The number of carbonyl (C=O) groups excluding carboxylic acids is 1. The SMILES string of the molecule is COc1ccc(CN(C)CC(=O)Nc2ccc(Cl)c(Cl)c2)cc1F. The maximum absolute atomic E-state index is 13.7. The number of anilines is 1. The summed E-state index contributed by atoms with van der Waals surface area (Å²) in [6, 6.07) is 9.59. The molecule has 2 aromatic rings. The highest BCUT2D eigenvalue weighted by molar-refractivity contribution is 6.42. The van der Waals surface area contributed by atoms with Crippen molar-refractivity contribution in [1.29, 1.82) is 0 Å². The van der Waals surface area contributed by atoms with Crippen LogP contribution in [-0.2, 0) is 11.3 Å². The summed E-state index contributed by atoms with van der Waals surface area (Å²) < 4.78 is 18.6. The van der Waals surface area contributed by atoms with Gasteiger partial charge in [0.05, 0.1) is 23.7 Å². The number of amides is 1. The van der Waals surface area contributed by atoms with E-state index in [1.165, 1.54) is 13.2 Å². The van der Waals surface area contributed by atoms with Crippen LogP contribution in [0.5, 0.6) is 5.75 Å². The second-order valence-electron chi connectivity index (χ2n) is 5.32. The fourth-order valence-corrected chi connectivity index (χ4v) is 2.49. The van der Waals surface area contributed by atoms with Crippen molar-refractivity contribution in [2.24, 2.45) is 0 Å². The Morgan fingerprint density at radius 1 is 1.21 bits per heavy atom. The number of hydrogen-bond donors (Lipinski definition) is 1. The molecule has 2 rings (SSSR count). The Morgan fingerprint density at radius 3 is 2.58 bits per heavy atom. The van der Waals surface area contributed by atoms with E-state index in [4.69, 9.17) is 27.9 Å². The molecular weight excluding hydrogens is 354 g/mol. The van der Waals surface area contributed by atoms with Crippen molar-refractivity contribution in [2.75, 3.05) is 26.0 Å². The molecular formula is C17H17Cl2FN2O2. The van der Waals surface area contributed by atoms with E-state index in [9.17, 15) is 9.18 Å². The van der Waals surface area contributed by atoms with Gasteiger partial charge in [-0.2, -0.15) is 0 Å². The van der Waals surface area contributed by atoms with Crippen LogP contribution in [0.2, 0.25) is 10.0 Å². The number of carbonyl (C=O) groups is 1. The first-order valence-corrected chi connectivity index (χ1v) is 7.90. The van der Waals surface area contributed by atoms with Gasteiger partial charge >= 0.3 is 0 Å². The number of rotatable bonds is 6. The predicted octanol–water partition coefficient (Wildman–Crippen LogP) is 4.21. The second kappa shape index (κ2) is 8.33. The first kappa shape index (κ1) is 18.5. The largest absolute Gasteiger partial charge is 0.494 e. The molecule has 128 valence electrons. The third-order valence-corrected chi connectivity index (χ3v) is 4.02. The molecule has 0 heterocycles. The minimum atomic E-state index is -0.427. The molecule has 0 aliphatic carbocycles. The molecule has 24 heavy (non-hydrogen) atoms. The Labute approximate surface area is 150 Å². The zero-order valence-corrected chi connectivity index (χ0v) is 14.8. The summed E-state index contributed by atoms with van der Waals surface area (Å²) >= 11 is 11.7. The predicted molar refractivity (Wildman–Crippen MR) is 94.4 cm³/mol. The summed E-state index contributed by atoms with van der Waals surface area (Å²) in [5, 5.41) is 3.53. The Bertz CT molecular complexity index is 741. The average molecular weight is 371 g/mol.